The number of fused-ring (bicyclic) bond motifs is 1. The van der Waals surface area contributed by atoms with Crippen LogP contribution in [0.1, 0.15) is 18.5 Å². The van der Waals surface area contributed by atoms with Gasteiger partial charge in [-0.25, -0.2) is 0 Å². The highest BCUT2D eigenvalue weighted by atomic mass is 16.5. The number of amides is 1. The number of ether oxygens (including phenoxy) is 1. The van der Waals surface area contributed by atoms with E-state index in [1.165, 1.54) is 0 Å². The van der Waals surface area contributed by atoms with E-state index in [0.717, 1.165) is 11.3 Å². The quantitative estimate of drug-likeness (QED) is 0.718. The maximum atomic E-state index is 11.8. The monoisotopic (exact) mass is 236 g/mol. The topological polar surface area (TPSA) is 70.6 Å². The Hall–Kier alpha value is -1.59. The van der Waals surface area contributed by atoms with Gasteiger partial charge in [-0.1, -0.05) is 0 Å². The summed E-state index contributed by atoms with van der Waals surface area (Å²) in [6, 6.07) is 4.88. The van der Waals surface area contributed by atoms with Gasteiger partial charge in [0.2, 0.25) is 5.91 Å². The first-order valence-electron chi connectivity index (χ1n) is 5.51. The molecule has 1 aromatic carbocycles. The summed E-state index contributed by atoms with van der Waals surface area (Å²) in [6.07, 6.45) is 0. The fourth-order valence-electron chi connectivity index (χ4n) is 1.87. The number of anilines is 1. The first-order valence-corrected chi connectivity index (χ1v) is 5.51. The zero-order valence-electron chi connectivity index (χ0n) is 9.86. The van der Waals surface area contributed by atoms with Gasteiger partial charge in [-0.3, -0.25) is 10.1 Å². The molecule has 0 saturated heterocycles. The number of nitrogens with one attached hydrogen (secondary N) is 2. The maximum absolute atomic E-state index is 11.8. The van der Waals surface area contributed by atoms with E-state index in [9.17, 15) is 4.79 Å². The molecule has 0 spiro atoms. The first kappa shape index (κ1) is 11.9. The molecule has 92 valence electrons. The van der Waals surface area contributed by atoms with E-state index in [1.54, 1.807) is 13.2 Å². The van der Waals surface area contributed by atoms with Crippen molar-refractivity contribution in [1.29, 1.82) is 0 Å². The smallest absolute Gasteiger partial charge is 0.246 e. The van der Waals surface area contributed by atoms with E-state index in [0.29, 0.717) is 5.75 Å². The second-order valence-electron chi connectivity index (χ2n) is 4.13. The molecule has 1 aliphatic rings. The summed E-state index contributed by atoms with van der Waals surface area (Å²) >= 11 is 0. The van der Waals surface area contributed by atoms with Crippen LogP contribution in [0.5, 0.6) is 5.75 Å². The molecule has 0 aromatic heterocycles. The van der Waals surface area contributed by atoms with E-state index in [-0.39, 0.29) is 18.6 Å². The Balaban J connectivity index is 2.28. The average Bonchev–Trinajstić information content (AvgIpc) is 2.65. The van der Waals surface area contributed by atoms with Gasteiger partial charge in [-0.05, 0) is 25.1 Å². The van der Waals surface area contributed by atoms with Crippen molar-refractivity contribution in [3.63, 3.8) is 0 Å². The van der Waals surface area contributed by atoms with Crippen molar-refractivity contribution in [2.24, 2.45) is 0 Å². The number of rotatable bonds is 4. The third-order valence-electron chi connectivity index (χ3n) is 2.81. The molecule has 0 bridgehead atoms. The average molecular weight is 236 g/mol. The minimum atomic E-state index is -0.428. The standard InChI is InChI=1S/C12H16N2O3/c1-7(6-15)13-11-9-5-8(17-2)3-4-10(9)14-12(11)16/h3-5,7,11,13,15H,6H2,1-2H3,(H,14,16). The van der Waals surface area contributed by atoms with E-state index in [1.807, 2.05) is 19.1 Å². The molecule has 0 fully saturated rings. The number of carbonyl (C=O) groups is 1. The minimum absolute atomic E-state index is 0.0108. The van der Waals surface area contributed by atoms with E-state index < -0.39 is 6.04 Å². The van der Waals surface area contributed by atoms with Crippen molar-refractivity contribution in [2.75, 3.05) is 19.0 Å². The minimum Gasteiger partial charge on any atom is -0.497 e. The van der Waals surface area contributed by atoms with Gasteiger partial charge in [0, 0.05) is 17.3 Å². The zero-order valence-corrected chi connectivity index (χ0v) is 9.86. The molecule has 5 nitrogen and oxygen atoms in total. The number of hydrogen-bond acceptors (Lipinski definition) is 4. The van der Waals surface area contributed by atoms with Crippen LogP contribution in [0, 0.1) is 0 Å². The molecule has 2 unspecified atom stereocenters. The maximum Gasteiger partial charge on any atom is 0.246 e. The van der Waals surface area contributed by atoms with Gasteiger partial charge in [-0.2, -0.15) is 0 Å². The molecule has 1 amide bonds. The molecule has 17 heavy (non-hydrogen) atoms. The van der Waals surface area contributed by atoms with E-state index >= 15 is 0 Å². The molecule has 2 atom stereocenters. The van der Waals surface area contributed by atoms with Crippen LogP contribution in [0.25, 0.3) is 0 Å². The Morgan fingerprint density at radius 3 is 3.00 bits per heavy atom. The van der Waals surface area contributed by atoms with Crippen molar-refractivity contribution in [2.45, 2.75) is 19.0 Å². The lowest BCUT2D eigenvalue weighted by molar-refractivity contribution is -0.117. The molecule has 0 aliphatic carbocycles. The summed E-state index contributed by atoms with van der Waals surface area (Å²) in [7, 11) is 1.59. The molecular formula is C12H16N2O3. The van der Waals surface area contributed by atoms with Gasteiger partial charge in [0.25, 0.3) is 0 Å². The highest BCUT2D eigenvalue weighted by Gasteiger charge is 2.31. The van der Waals surface area contributed by atoms with Crippen LogP contribution >= 0.6 is 0 Å². The second-order valence-corrected chi connectivity index (χ2v) is 4.13. The molecule has 0 saturated carbocycles. The summed E-state index contributed by atoms with van der Waals surface area (Å²) in [6.45, 7) is 1.81. The van der Waals surface area contributed by atoms with Gasteiger partial charge in [0.05, 0.1) is 13.7 Å². The van der Waals surface area contributed by atoms with Crippen molar-refractivity contribution in [3.05, 3.63) is 23.8 Å². The number of aliphatic hydroxyl groups excluding tert-OH is 1. The molecule has 5 heteroatoms. The van der Waals surface area contributed by atoms with Gasteiger partial charge >= 0.3 is 0 Å². The molecule has 1 aliphatic heterocycles. The summed E-state index contributed by atoms with van der Waals surface area (Å²) < 4.78 is 5.14. The predicted molar refractivity (Wildman–Crippen MR) is 64.0 cm³/mol. The Morgan fingerprint density at radius 2 is 2.35 bits per heavy atom. The van der Waals surface area contributed by atoms with E-state index in [2.05, 4.69) is 10.6 Å². The van der Waals surface area contributed by atoms with Crippen LogP contribution in [0.3, 0.4) is 0 Å². The third kappa shape index (κ3) is 2.25. The summed E-state index contributed by atoms with van der Waals surface area (Å²) in [5.74, 6) is 0.609. The second kappa shape index (κ2) is 4.73. The van der Waals surface area contributed by atoms with Crippen molar-refractivity contribution in [1.82, 2.24) is 5.32 Å². The van der Waals surface area contributed by atoms with Crippen molar-refractivity contribution >= 4 is 11.6 Å². The first-order chi connectivity index (χ1) is 8.15. The fraction of sp³-hybridized carbons (Fsp3) is 0.417. The number of carbonyl (C=O) groups excluding carboxylic acids is 1. The lowest BCUT2D eigenvalue weighted by Gasteiger charge is -2.16. The Kier molecular flexibility index (Phi) is 3.31. The number of aliphatic hydroxyl groups is 1. The lowest BCUT2D eigenvalue weighted by atomic mass is 10.1. The highest BCUT2D eigenvalue weighted by molar-refractivity contribution is 6.02. The predicted octanol–water partition coefficient (Wildman–Crippen LogP) is 0.659. The largest absolute Gasteiger partial charge is 0.497 e. The SMILES string of the molecule is COc1ccc2c(c1)C(NC(C)CO)C(=O)N2. The summed E-state index contributed by atoms with van der Waals surface area (Å²) in [4.78, 5) is 11.8. The number of benzene rings is 1. The lowest BCUT2D eigenvalue weighted by Crippen LogP contribution is -2.36. The van der Waals surface area contributed by atoms with E-state index in [4.69, 9.17) is 9.84 Å². The van der Waals surface area contributed by atoms with Crippen LogP contribution in [0.15, 0.2) is 18.2 Å². The van der Waals surface area contributed by atoms with Gasteiger partial charge < -0.3 is 15.2 Å². The molecule has 3 N–H and O–H groups in total. The molecule has 1 heterocycles. The van der Waals surface area contributed by atoms with Crippen molar-refractivity contribution < 1.29 is 14.6 Å². The number of hydrogen-bond donors (Lipinski definition) is 3. The third-order valence-corrected chi connectivity index (χ3v) is 2.81. The zero-order chi connectivity index (χ0) is 12.4. The van der Waals surface area contributed by atoms with Crippen LogP contribution < -0.4 is 15.4 Å². The Morgan fingerprint density at radius 1 is 1.59 bits per heavy atom. The molecule has 0 radical (unpaired) electrons. The fourth-order valence-corrected chi connectivity index (χ4v) is 1.87. The van der Waals surface area contributed by atoms with Crippen LogP contribution in [0.2, 0.25) is 0 Å². The summed E-state index contributed by atoms with van der Waals surface area (Å²) in [5, 5.41) is 14.9. The molecular weight excluding hydrogens is 220 g/mol. The Bertz CT molecular complexity index is 434. The van der Waals surface area contributed by atoms with Gasteiger partial charge in [0.1, 0.15) is 11.8 Å². The van der Waals surface area contributed by atoms with Gasteiger partial charge in [-0.15, -0.1) is 0 Å². The molecule has 1 aromatic rings. The normalized spacial score (nSPS) is 19.7. The highest BCUT2D eigenvalue weighted by Crippen LogP contribution is 2.33. The number of methoxy groups -OCH3 is 1. The van der Waals surface area contributed by atoms with Crippen LogP contribution in [0.4, 0.5) is 5.69 Å². The van der Waals surface area contributed by atoms with Crippen molar-refractivity contribution in [3.8, 4) is 5.75 Å². The Labute approximate surface area is 99.8 Å². The summed E-state index contributed by atoms with van der Waals surface area (Å²) in [5.41, 5.74) is 1.65. The molecule has 2 rings (SSSR count). The van der Waals surface area contributed by atoms with Crippen LogP contribution in [-0.4, -0.2) is 30.8 Å². The van der Waals surface area contributed by atoms with Gasteiger partial charge in [0.15, 0.2) is 0 Å². The van der Waals surface area contributed by atoms with Crippen LogP contribution in [-0.2, 0) is 4.79 Å².